The lowest BCUT2D eigenvalue weighted by Crippen LogP contribution is -2.80. The van der Waals surface area contributed by atoms with Gasteiger partial charge in [-0.2, -0.15) is 0 Å². The first-order valence-electron chi connectivity index (χ1n) is 15.6. The van der Waals surface area contributed by atoms with Crippen molar-refractivity contribution in [1.82, 2.24) is 4.90 Å². The highest BCUT2D eigenvalue weighted by molar-refractivity contribution is 5.91. The first-order valence-corrected chi connectivity index (χ1v) is 15.6. The molecular weight excluding hydrogens is 538 g/mol. The van der Waals surface area contributed by atoms with E-state index in [0.29, 0.717) is 23.5 Å². The number of ether oxygens (including phenoxy) is 3. The number of hydrogen-bond donors (Lipinski definition) is 1. The van der Waals surface area contributed by atoms with Gasteiger partial charge in [0.1, 0.15) is 11.7 Å². The van der Waals surface area contributed by atoms with Gasteiger partial charge in [0, 0.05) is 30.0 Å². The third-order valence-electron chi connectivity index (χ3n) is 11.8. The van der Waals surface area contributed by atoms with Crippen molar-refractivity contribution in [2.24, 2.45) is 11.3 Å². The van der Waals surface area contributed by atoms with Gasteiger partial charge in [-0.3, -0.25) is 0 Å². The van der Waals surface area contributed by atoms with Gasteiger partial charge in [-0.15, -0.1) is 0 Å². The lowest BCUT2D eigenvalue weighted by Gasteiger charge is -2.72. The molecule has 0 radical (unpaired) electrons. The number of rotatable bonds is 7. The Bertz CT molecular complexity index is 1620. The summed E-state index contributed by atoms with van der Waals surface area (Å²) in [5, 5.41) is 12.4. The molecule has 0 aromatic heterocycles. The van der Waals surface area contributed by atoms with Gasteiger partial charge >= 0.3 is 5.97 Å². The Kier molecular flexibility index (Phi) is 5.85. The van der Waals surface area contributed by atoms with Gasteiger partial charge in [-0.1, -0.05) is 66.7 Å². The minimum absolute atomic E-state index is 0.183. The van der Waals surface area contributed by atoms with E-state index < -0.39 is 17.2 Å². The molecule has 2 fully saturated rings. The Hall–Kier alpha value is -3.45. The fourth-order valence-electron chi connectivity index (χ4n) is 9.78. The summed E-state index contributed by atoms with van der Waals surface area (Å²) in [5.41, 5.74) is 1.75. The molecule has 6 heteroatoms. The SMILES string of the molecule is CO[C@@]12C=CC3(C[C@@H]1[C@](C)(O)CCc1ccccc1)[C@H]1Cc4ccc(OC(=O)c5ccccc5)c5c4[C@@]3(CCN1C)[C@H]2O5. The van der Waals surface area contributed by atoms with E-state index in [4.69, 9.17) is 14.2 Å². The monoisotopic (exact) mass is 577 g/mol. The third kappa shape index (κ3) is 3.49. The van der Waals surface area contributed by atoms with Crippen LogP contribution in [-0.4, -0.2) is 60.0 Å². The molecule has 222 valence electrons. The van der Waals surface area contributed by atoms with Gasteiger partial charge in [-0.25, -0.2) is 4.79 Å². The predicted octanol–water partition coefficient (Wildman–Crippen LogP) is 5.51. The molecule has 9 rings (SSSR count). The van der Waals surface area contributed by atoms with Crippen molar-refractivity contribution in [2.75, 3.05) is 20.7 Å². The molecule has 0 amide bonds. The van der Waals surface area contributed by atoms with Crippen LogP contribution >= 0.6 is 0 Å². The average molecular weight is 578 g/mol. The molecule has 2 spiro atoms. The van der Waals surface area contributed by atoms with E-state index in [1.165, 1.54) is 16.7 Å². The highest BCUT2D eigenvalue weighted by Crippen LogP contribution is 2.75. The number of hydrogen-bond acceptors (Lipinski definition) is 6. The minimum atomic E-state index is -1.00. The number of likely N-dealkylation sites (tertiary alicyclic amines) is 1. The Morgan fingerprint density at radius 1 is 1.07 bits per heavy atom. The fraction of sp³-hybridized carbons (Fsp3) is 0.432. The molecule has 4 aliphatic carbocycles. The van der Waals surface area contributed by atoms with Crippen molar-refractivity contribution in [1.29, 1.82) is 0 Å². The summed E-state index contributed by atoms with van der Waals surface area (Å²) in [7, 11) is 4.00. The quantitative estimate of drug-likeness (QED) is 0.227. The molecular formula is C37H39NO5. The number of carbonyl (C=O) groups is 1. The number of benzene rings is 3. The largest absolute Gasteiger partial charge is 0.482 e. The highest BCUT2D eigenvalue weighted by Gasteiger charge is 2.80. The summed E-state index contributed by atoms with van der Waals surface area (Å²) in [4.78, 5) is 15.7. The van der Waals surface area contributed by atoms with E-state index >= 15 is 0 Å². The number of methoxy groups -OCH3 is 1. The standard InChI is InChI=1S/C37H39NO5/c1-34(40,17-16-24-10-6-4-7-11-24)28-23-35-18-19-37(28,41-3)33-36(35)20-21-38(2)29(35)22-26-14-15-27(31(43-33)30(26)36)42-32(39)25-12-8-5-9-13-25/h4-15,18-19,28-29,33,40H,16-17,20-23H2,1-3H3/t28-,29-,33-,34-,35?,36+,37+/m1/s1. The van der Waals surface area contributed by atoms with Crippen LogP contribution in [0.5, 0.6) is 11.5 Å². The Morgan fingerprint density at radius 3 is 2.56 bits per heavy atom. The number of carbonyl (C=O) groups excluding carboxylic acids is 1. The molecule has 1 N–H and O–H groups in total. The van der Waals surface area contributed by atoms with Crippen molar-refractivity contribution in [3.8, 4) is 11.5 Å². The average Bonchev–Trinajstić information content (AvgIpc) is 3.41. The van der Waals surface area contributed by atoms with Crippen molar-refractivity contribution in [3.63, 3.8) is 0 Å². The van der Waals surface area contributed by atoms with E-state index in [1.807, 2.05) is 37.3 Å². The van der Waals surface area contributed by atoms with E-state index in [1.54, 1.807) is 19.2 Å². The molecule has 1 saturated carbocycles. The van der Waals surface area contributed by atoms with Crippen LogP contribution in [0.15, 0.2) is 84.9 Å². The second-order valence-corrected chi connectivity index (χ2v) is 13.6. The van der Waals surface area contributed by atoms with Crippen LogP contribution in [0.2, 0.25) is 0 Å². The number of likely N-dealkylation sites (N-methyl/N-ethyl adjacent to an activating group) is 1. The van der Waals surface area contributed by atoms with Crippen LogP contribution in [0.25, 0.3) is 0 Å². The molecule has 1 unspecified atom stereocenters. The first-order chi connectivity index (χ1) is 20.8. The molecule has 1 saturated heterocycles. The van der Waals surface area contributed by atoms with Crippen LogP contribution in [0.3, 0.4) is 0 Å². The maximum atomic E-state index is 13.2. The number of aryl methyl sites for hydroxylation is 1. The van der Waals surface area contributed by atoms with Gasteiger partial charge in [0.05, 0.1) is 16.6 Å². The van der Waals surface area contributed by atoms with Gasteiger partial charge in [0.2, 0.25) is 0 Å². The lowest BCUT2D eigenvalue weighted by molar-refractivity contribution is -0.247. The molecule has 3 aromatic carbocycles. The van der Waals surface area contributed by atoms with Crippen LogP contribution < -0.4 is 9.47 Å². The van der Waals surface area contributed by atoms with E-state index in [9.17, 15) is 9.90 Å². The number of esters is 1. The van der Waals surface area contributed by atoms with Crippen LogP contribution in [0.1, 0.15) is 53.2 Å². The zero-order chi connectivity index (χ0) is 29.6. The summed E-state index contributed by atoms with van der Waals surface area (Å²) < 4.78 is 19.8. The van der Waals surface area contributed by atoms with Crippen molar-refractivity contribution in [3.05, 3.63) is 107 Å². The normalized spacial score (nSPS) is 34.3. The molecule has 2 aliphatic heterocycles. The van der Waals surface area contributed by atoms with E-state index in [-0.39, 0.29) is 28.9 Å². The first kappa shape index (κ1) is 27.1. The summed E-state index contributed by atoms with van der Waals surface area (Å²) in [5.74, 6) is 0.552. The maximum absolute atomic E-state index is 13.2. The van der Waals surface area contributed by atoms with Crippen molar-refractivity contribution in [2.45, 2.75) is 67.8 Å². The van der Waals surface area contributed by atoms with E-state index in [2.05, 4.69) is 54.4 Å². The molecule has 3 aromatic rings. The Balaban J connectivity index is 1.24. The van der Waals surface area contributed by atoms with Crippen molar-refractivity contribution < 1.29 is 24.1 Å². The molecule has 2 heterocycles. The molecule has 43 heavy (non-hydrogen) atoms. The van der Waals surface area contributed by atoms with Crippen LogP contribution in [-0.2, 0) is 23.0 Å². The summed E-state index contributed by atoms with van der Waals surface area (Å²) in [6, 6.07) is 23.8. The molecule has 7 atom stereocenters. The molecule has 4 bridgehead atoms. The van der Waals surface area contributed by atoms with Crippen molar-refractivity contribution >= 4 is 5.97 Å². The second kappa shape index (κ2) is 9.28. The third-order valence-corrected chi connectivity index (χ3v) is 11.8. The zero-order valence-electron chi connectivity index (χ0n) is 25.1. The lowest BCUT2D eigenvalue weighted by atomic mass is 9.36. The Morgan fingerprint density at radius 2 is 1.81 bits per heavy atom. The predicted molar refractivity (Wildman–Crippen MR) is 163 cm³/mol. The summed E-state index contributed by atoms with van der Waals surface area (Å²) in [6.45, 7) is 2.93. The Labute approximate surface area is 253 Å². The minimum Gasteiger partial charge on any atom is -0.482 e. The summed E-state index contributed by atoms with van der Waals surface area (Å²) in [6.07, 6.45) is 8.29. The highest BCUT2D eigenvalue weighted by atomic mass is 16.6. The number of piperidine rings is 1. The van der Waals surface area contributed by atoms with Gasteiger partial charge < -0.3 is 24.2 Å². The molecule has 6 aliphatic rings. The van der Waals surface area contributed by atoms with Crippen LogP contribution in [0.4, 0.5) is 0 Å². The number of nitrogens with zero attached hydrogens (tertiary/aromatic N) is 1. The van der Waals surface area contributed by atoms with Crippen LogP contribution in [0, 0.1) is 11.3 Å². The topological polar surface area (TPSA) is 68.2 Å². The summed E-state index contributed by atoms with van der Waals surface area (Å²) >= 11 is 0. The number of aliphatic hydroxyl groups is 1. The second-order valence-electron chi connectivity index (χ2n) is 13.6. The number of fused-ring (bicyclic) bond motifs is 1. The molecule has 6 nitrogen and oxygen atoms in total. The van der Waals surface area contributed by atoms with Gasteiger partial charge in [0.15, 0.2) is 11.5 Å². The van der Waals surface area contributed by atoms with E-state index in [0.717, 1.165) is 32.2 Å². The van der Waals surface area contributed by atoms with Gasteiger partial charge in [-0.05, 0) is 81.9 Å². The smallest absolute Gasteiger partial charge is 0.343 e. The fourth-order valence-corrected chi connectivity index (χ4v) is 9.78. The maximum Gasteiger partial charge on any atom is 0.343 e. The van der Waals surface area contributed by atoms with Gasteiger partial charge in [0.25, 0.3) is 0 Å². The zero-order valence-corrected chi connectivity index (χ0v) is 25.1.